The summed E-state index contributed by atoms with van der Waals surface area (Å²) in [7, 11) is 0. The standard InChI is InChI=1S/C16H14BrF3N2O4/c1-6(2)21-7(3)12(13(19)20)14(23)22(16(21)26)11-4-8(15(24)25)9(17)5-10(11)18/h4-6,13H,1-3H3,(H,24,25). The van der Waals surface area contributed by atoms with Crippen LogP contribution in [0.4, 0.5) is 13.2 Å². The van der Waals surface area contributed by atoms with Crippen LogP contribution in [0.2, 0.25) is 0 Å². The van der Waals surface area contributed by atoms with Gasteiger partial charge >= 0.3 is 11.7 Å². The Morgan fingerprint density at radius 2 is 1.81 bits per heavy atom. The smallest absolute Gasteiger partial charge is 0.336 e. The van der Waals surface area contributed by atoms with Gasteiger partial charge in [0, 0.05) is 16.2 Å². The van der Waals surface area contributed by atoms with Crippen LogP contribution < -0.4 is 11.2 Å². The number of hydrogen-bond donors (Lipinski definition) is 1. The Balaban J connectivity index is 3.05. The SMILES string of the molecule is Cc1c(C(F)F)c(=O)n(-c2cc(C(=O)O)c(Br)cc2F)c(=O)n1C(C)C. The second-order valence-corrected chi connectivity index (χ2v) is 6.63. The average Bonchev–Trinajstić information content (AvgIpc) is 2.47. The van der Waals surface area contributed by atoms with Gasteiger partial charge in [-0.15, -0.1) is 0 Å². The number of benzene rings is 1. The second-order valence-electron chi connectivity index (χ2n) is 5.78. The molecule has 0 spiro atoms. The van der Waals surface area contributed by atoms with E-state index in [0.717, 1.165) is 16.7 Å². The Bertz CT molecular complexity index is 969. The Morgan fingerprint density at radius 3 is 2.27 bits per heavy atom. The van der Waals surface area contributed by atoms with E-state index >= 15 is 0 Å². The fourth-order valence-electron chi connectivity index (χ4n) is 2.69. The molecule has 26 heavy (non-hydrogen) atoms. The zero-order valence-corrected chi connectivity index (χ0v) is 15.5. The summed E-state index contributed by atoms with van der Waals surface area (Å²) in [5.41, 5.74) is -4.74. The third-order valence-corrected chi connectivity index (χ3v) is 4.48. The maximum Gasteiger partial charge on any atom is 0.336 e. The van der Waals surface area contributed by atoms with E-state index in [1.165, 1.54) is 6.92 Å². The van der Waals surface area contributed by atoms with Gasteiger partial charge in [-0.2, -0.15) is 0 Å². The molecule has 6 nitrogen and oxygen atoms in total. The van der Waals surface area contributed by atoms with Crippen molar-refractivity contribution < 1.29 is 23.1 Å². The first kappa shape index (κ1) is 20.0. The molecule has 0 unspecified atom stereocenters. The molecular weight excluding hydrogens is 421 g/mol. The molecule has 2 rings (SSSR count). The fraction of sp³-hybridized carbons (Fsp3) is 0.312. The molecule has 0 atom stereocenters. The number of rotatable bonds is 4. The molecule has 1 heterocycles. The number of carboxylic acid groups (broad SMARTS) is 1. The number of hydrogen-bond acceptors (Lipinski definition) is 3. The third kappa shape index (κ3) is 3.20. The van der Waals surface area contributed by atoms with Crippen LogP contribution in [-0.4, -0.2) is 20.2 Å². The van der Waals surface area contributed by atoms with Crippen molar-refractivity contribution in [1.29, 1.82) is 0 Å². The van der Waals surface area contributed by atoms with Gasteiger partial charge in [0.1, 0.15) is 11.4 Å². The highest BCUT2D eigenvalue weighted by atomic mass is 79.9. The van der Waals surface area contributed by atoms with Crippen molar-refractivity contribution in [2.24, 2.45) is 0 Å². The summed E-state index contributed by atoms with van der Waals surface area (Å²) in [6, 6.07) is 0.913. The van der Waals surface area contributed by atoms with Crippen LogP contribution in [0.1, 0.15) is 47.9 Å². The zero-order valence-electron chi connectivity index (χ0n) is 13.9. The Kier molecular flexibility index (Phi) is 5.45. The summed E-state index contributed by atoms with van der Waals surface area (Å²) in [6.45, 7) is 4.29. The predicted octanol–water partition coefficient (Wildman–Crippen LogP) is 3.43. The van der Waals surface area contributed by atoms with Crippen LogP contribution in [0.15, 0.2) is 26.2 Å². The van der Waals surface area contributed by atoms with Crippen molar-refractivity contribution in [2.45, 2.75) is 33.2 Å². The van der Waals surface area contributed by atoms with Crippen molar-refractivity contribution >= 4 is 21.9 Å². The summed E-state index contributed by atoms with van der Waals surface area (Å²) in [5, 5.41) is 9.15. The molecule has 10 heteroatoms. The van der Waals surface area contributed by atoms with Crippen molar-refractivity contribution in [3.05, 3.63) is 60.1 Å². The topological polar surface area (TPSA) is 81.3 Å². The van der Waals surface area contributed by atoms with E-state index < -0.39 is 52.3 Å². The van der Waals surface area contributed by atoms with Crippen molar-refractivity contribution in [3.8, 4) is 5.69 Å². The first-order valence-corrected chi connectivity index (χ1v) is 8.17. The molecule has 0 amide bonds. The van der Waals surface area contributed by atoms with Crippen molar-refractivity contribution in [3.63, 3.8) is 0 Å². The number of halogens is 4. The number of aromatic nitrogens is 2. The van der Waals surface area contributed by atoms with E-state index in [1.54, 1.807) is 13.8 Å². The lowest BCUT2D eigenvalue weighted by molar-refractivity contribution is 0.0695. The van der Waals surface area contributed by atoms with Crippen molar-refractivity contribution in [2.75, 3.05) is 0 Å². The molecule has 1 aromatic heterocycles. The van der Waals surface area contributed by atoms with Crippen LogP contribution in [0, 0.1) is 12.7 Å². The molecule has 140 valence electrons. The van der Waals surface area contributed by atoms with E-state index in [1.807, 2.05) is 0 Å². The molecule has 1 N–H and O–H groups in total. The zero-order chi connectivity index (χ0) is 19.9. The number of aromatic carboxylic acids is 1. The Labute approximate surface area is 153 Å². The minimum absolute atomic E-state index is 0.121. The highest BCUT2D eigenvalue weighted by Gasteiger charge is 2.26. The van der Waals surface area contributed by atoms with Gasteiger partial charge in [0.2, 0.25) is 0 Å². The highest BCUT2D eigenvalue weighted by molar-refractivity contribution is 9.10. The average molecular weight is 435 g/mol. The van der Waals surface area contributed by atoms with Gasteiger partial charge in [-0.05, 0) is 48.8 Å². The second kappa shape index (κ2) is 7.10. The van der Waals surface area contributed by atoms with Crippen LogP contribution in [0.25, 0.3) is 5.69 Å². The molecule has 2 aromatic rings. The molecule has 0 fully saturated rings. The molecule has 0 radical (unpaired) electrons. The minimum Gasteiger partial charge on any atom is -0.478 e. The van der Waals surface area contributed by atoms with Crippen LogP contribution in [0.3, 0.4) is 0 Å². The summed E-state index contributed by atoms with van der Waals surface area (Å²) in [6.07, 6.45) is -3.20. The molecule has 0 bridgehead atoms. The third-order valence-electron chi connectivity index (χ3n) is 3.82. The van der Waals surface area contributed by atoms with Crippen LogP contribution >= 0.6 is 15.9 Å². The maximum atomic E-state index is 14.4. The minimum atomic E-state index is -3.20. The number of alkyl halides is 2. The van der Waals surface area contributed by atoms with E-state index in [4.69, 9.17) is 5.11 Å². The molecule has 0 saturated carbocycles. The monoisotopic (exact) mass is 434 g/mol. The lowest BCUT2D eigenvalue weighted by Crippen LogP contribution is -2.43. The van der Waals surface area contributed by atoms with Gasteiger partial charge in [0.25, 0.3) is 12.0 Å². The first-order chi connectivity index (χ1) is 12.0. The molecular formula is C16H14BrF3N2O4. The number of nitrogens with zero attached hydrogens (tertiary/aromatic N) is 2. The highest BCUT2D eigenvalue weighted by Crippen LogP contribution is 2.25. The van der Waals surface area contributed by atoms with Gasteiger partial charge in [-0.25, -0.2) is 27.3 Å². The molecule has 0 aliphatic carbocycles. The summed E-state index contributed by atoms with van der Waals surface area (Å²) >= 11 is 2.87. The Morgan fingerprint density at radius 1 is 1.23 bits per heavy atom. The lowest BCUT2D eigenvalue weighted by atomic mass is 10.1. The molecule has 0 saturated heterocycles. The van der Waals surface area contributed by atoms with Gasteiger partial charge < -0.3 is 5.11 Å². The van der Waals surface area contributed by atoms with Crippen molar-refractivity contribution in [1.82, 2.24) is 9.13 Å². The van der Waals surface area contributed by atoms with E-state index in [0.29, 0.717) is 0 Å². The predicted molar refractivity (Wildman–Crippen MR) is 91.0 cm³/mol. The number of carboxylic acids is 1. The van der Waals surface area contributed by atoms with Crippen LogP contribution in [-0.2, 0) is 0 Å². The van der Waals surface area contributed by atoms with Gasteiger partial charge in [-0.1, -0.05) is 0 Å². The fourth-order valence-corrected chi connectivity index (χ4v) is 3.17. The summed E-state index contributed by atoms with van der Waals surface area (Å²) in [5.74, 6) is -2.56. The number of carbonyl (C=O) groups is 1. The first-order valence-electron chi connectivity index (χ1n) is 7.37. The molecule has 0 aliphatic rings. The maximum absolute atomic E-state index is 14.4. The summed E-state index contributed by atoms with van der Waals surface area (Å²) < 4.78 is 42.3. The Hall–Kier alpha value is -2.36. The van der Waals surface area contributed by atoms with Gasteiger partial charge in [0.15, 0.2) is 0 Å². The molecule has 0 aliphatic heterocycles. The normalized spacial score (nSPS) is 11.4. The van der Waals surface area contributed by atoms with Gasteiger partial charge in [0.05, 0.1) is 11.3 Å². The van der Waals surface area contributed by atoms with Crippen LogP contribution in [0.5, 0.6) is 0 Å². The largest absolute Gasteiger partial charge is 0.478 e. The van der Waals surface area contributed by atoms with E-state index in [2.05, 4.69) is 15.9 Å². The van der Waals surface area contributed by atoms with E-state index in [9.17, 15) is 27.6 Å². The lowest BCUT2D eigenvalue weighted by Gasteiger charge is -2.20. The van der Waals surface area contributed by atoms with E-state index in [-0.39, 0.29) is 14.7 Å². The summed E-state index contributed by atoms with van der Waals surface area (Å²) in [4.78, 5) is 36.4. The molecule has 1 aromatic carbocycles. The quantitative estimate of drug-likeness (QED) is 0.798. The van der Waals surface area contributed by atoms with Gasteiger partial charge in [-0.3, -0.25) is 9.36 Å².